The Labute approximate surface area is 184 Å². The smallest absolute Gasteiger partial charge is 0.280 e. The highest BCUT2D eigenvalue weighted by atomic mass is 28.1. The van der Waals surface area contributed by atoms with Crippen molar-refractivity contribution in [3.8, 4) is 0 Å². The van der Waals surface area contributed by atoms with Crippen molar-refractivity contribution in [3.63, 3.8) is 0 Å². The SMILES string of the molecule is O=C(N=C1NCCN1)c1ccc(Nc2cccc(C(=O)NC3CC3)c2[SiH3])c(C2CC2)c1. The van der Waals surface area contributed by atoms with E-state index in [0.717, 1.165) is 76.7 Å². The molecule has 3 aliphatic rings. The van der Waals surface area contributed by atoms with E-state index >= 15 is 0 Å². The Kier molecular flexibility index (Phi) is 5.23. The first-order valence-corrected chi connectivity index (χ1v) is 12.0. The van der Waals surface area contributed by atoms with Gasteiger partial charge >= 0.3 is 0 Å². The first kappa shape index (κ1) is 19.8. The van der Waals surface area contributed by atoms with Crippen LogP contribution in [0.4, 0.5) is 11.4 Å². The number of rotatable bonds is 6. The van der Waals surface area contributed by atoms with Crippen molar-refractivity contribution in [1.82, 2.24) is 16.0 Å². The highest BCUT2D eigenvalue weighted by molar-refractivity contribution is 6.40. The molecule has 0 aromatic heterocycles. The zero-order valence-corrected chi connectivity index (χ0v) is 19.6. The van der Waals surface area contributed by atoms with Crippen LogP contribution in [-0.4, -0.2) is 47.1 Å². The van der Waals surface area contributed by atoms with Crippen molar-refractivity contribution >= 4 is 44.6 Å². The van der Waals surface area contributed by atoms with Gasteiger partial charge in [0, 0.05) is 51.9 Å². The monoisotopic (exact) mass is 433 g/mol. The average molecular weight is 434 g/mol. The summed E-state index contributed by atoms with van der Waals surface area (Å²) in [5, 5.41) is 13.8. The number of carbonyl (C=O) groups excluding carboxylic acids is 2. The van der Waals surface area contributed by atoms with Gasteiger partial charge in [0.25, 0.3) is 11.8 Å². The van der Waals surface area contributed by atoms with E-state index in [9.17, 15) is 9.59 Å². The van der Waals surface area contributed by atoms with E-state index in [0.29, 0.717) is 23.5 Å². The van der Waals surface area contributed by atoms with E-state index in [2.05, 4.69) is 26.3 Å². The van der Waals surface area contributed by atoms with Crippen molar-refractivity contribution < 1.29 is 9.59 Å². The second-order valence-electron chi connectivity index (χ2n) is 8.55. The maximum atomic E-state index is 12.6. The lowest BCUT2D eigenvalue weighted by Crippen LogP contribution is -2.31. The number of guanidine groups is 1. The number of carbonyl (C=O) groups is 2. The van der Waals surface area contributed by atoms with Gasteiger partial charge in [0.2, 0.25) is 0 Å². The average Bonchev–Trinajstić information content (AvgIpc) is 3.70. The van der Waals surface area contributed by atoms with Crippen LogP contribution in [0.3, 0.4) is 0 Å². The minimum absolute atomic E-state index is 0.0211. The van der Waals surface area contributed by atoms with Crippen molar-refractivity contribution in [2.75, 3.05) is 18.4 Å². The highest BCUT2D eigenvalue weighted by Crippen LogP contribution is 2.44. The van der Waals surface area contributed by atoms with Crippen molar-refractivity contribution in [2.45, 2.75) is 37.6 Å². The lowest BCUT2D eigenvalue weighted by molar-refractivity contribution is 0.0951. The van der Waals surface area contributed by atoms with Gasteiger partial charge in [0.1, 0.15) is 0 Å². The number of nitrogens with one attached hydrogen (secondary N) is 4. The van der Waals surface area contributed by atoms with Gasteiger partial charge < -0.3 is 21.3 Å². The molecule has 0 atom stereocenters. The van der Waals surface area contributed by atoms with E-state index < -0.39 is 0 Å². The molecule has 0 spiro atoms. The number of benzene rings is 2. The van der Waals surface area contributed by atoms with Crippen molar-refractivity contribution in [3.05, 3.63) is 53.1 Å². The predicted molar refractivity (Wildman–Crippen MR) is 126 cm³/mol. The Balaban J connectivity index is 1.40. The summed E-state index contributed by atoms with van der Waals surface area (Å²) in [7, 11) is 0.757. The molecule has 2 saturated carbocycles. The van der Waals surface area contributed by atoms with Gasteiger partial charge in [-0.25, -0.2) is 0 Å². The number of hydrogen-bond acceptors (Lipinski definition) is 3. The molecular formula is C23H27N5O2Si. The molecule has 2 aromatic carbocycles. The standard InChI is InChI=1S/C23H27N5O2Si/c29-21(28-23-24-10-11-25-23)14-6-9-18(17(12-14)13-4-5-13)27-19-3-1-2-16(20(19)31)22(30)26-15-7-8-15/h1-3,6,9,12-13,15,27H,4-5,7-8,10-11H2,31H3,(H,26,30)(H2,24,25,28,29). The lowest BCUT2D eigenvalue weighted by atomic mass is 10.0. The zero-order valence-electron chi connectivity index (χ0n) is 17.6. The van der Waals surface area contributed by atoms with Gasteiger partial charge in [-0.05, 0) is 72.7 Å². The van der Waals surface area contributed by atoms with E-state index in [1.165, 1.54) is 0 Å². The molecule has 8 heteroatoms. The Morgan fingerprint density at radius 1 is 1.00 bits per heavy atom. The van der Waals surface area contributed by atoms with Crippen LogP contribution in [-0.2, 0) is 0 Å². The quantitative estimate of drug-likeness (QED) is 0.508. The molecular weight excluding hydrogens is 406 g/mol. The van der Waals surface area contributed by atoms with Crippen LogP contribution in [0.2, 0.25) is 0 Å². The number of anilines is 2. The van der Waals surface area contributed by atoms with Crippen LogP contribution in [0.1, 0.15) is 57.9 Å². The fourth-order valence-electron chi connectivity index (χ4n) is 3.86. The number of nitrogens with zero attached hydrogens (tertiary/aromatic N) is 1. The van der Waals surface area contributed by atoms with Gasteiger partial charge in [-0.3, -0.25) is 9.59 Å². The third-order valence-electron chi connectivity index (χ3n) is 6.00. The lowest BCUT2D eigenvalue weighted by Gasteiger charge is -2.17. The van der Waals surface area contributed by atoms with Crippen LogP contribution in [0.25, 0.3) is 0 Å². The van der Waals surface area contributed by atoms with Crippen LogP contribution in [0.5, 0.6) is 0 Å². The Morgan fingerprint density at radius 2 is 1.77 bits per heavy atom. The minimum atomic E-state index is -0.243. The number of aliphatic imine (C=N–C) groups is 1. The van der Waals surface area contributed by atoms with Crippen LogP contribution >= 0.6 is 0 Å². The van der Waals surface area contributed by atoms with Crippen LogP contribution in [0.15, 0.2) is 41.4 Å². The minimum Gasteiger partial charge on any atom is -0.355 e. The van der Waals surface area contributed by atoms with Crippen molar-refractivity contribution in [2.24, 2.45) is 4.99 Å². The summed E-state index contributed by atoms with van der Waals surface area (Å²) in [4.78, 5) is 29.3. The summed E-state index contributed by atoms with van der Waals surface area (Å²) in [6, 6.07) is 12.0. The van der Waals surface area contributed by atoms with Crippen LogP contribution in [0, 0.1) is 0 Å². The number of hydrogen-bond donors (Lipinski definition) is 4. The third-order valence-corrected chi connectivity index (χ3v) is 7.08. The van der Waals surface area contributed by atoms with E-state index in [1.807, 2.05) is 36.4 Å². The Morgan fingerprint density at radius 3 is 2.48 bits per heavy atom. The second kappa shape index (κ2) is 8.18. The maximum absolute atomic E-state index is 12.6. The van der Waals surface area contributed by atoms with Gasteiger partial charge in [0.05, 0.1) is 0 Å². The molecule has 0 bridgehead atoms. The first-order valence-electron chi connectivity index (χ1n) is 11.0. The van der Waals surface area contributed by atoms with E-state index in [-0.39, 0.29) is 11.8 Å². The molecule has 1 saturated heterocycles. The molecule has 1 heterocycles. The van der Waals surface area contributed by atoms with Gasteiger partial charge in [-0.2, -0.15) is 4.99 Å². The molecule has 3 fully saturated rings. The summed E-state index contributed by atoms with van der Waals surface area (Å²) >= 11 is 0. The Bertz CT molecular complexity index is 1070. The van der Waals surface area contributed by atoms with E-state index in [1.54, 1.807) is 0 Å². The molecule has 31 heavy (non-hydrogen) atoms. The molecule has 160 valence electrons. The number of amides is 2. The molecule has 1 aliphatic heterocycles. The molecule has 4 N–H and O–H groups in total. The zero-order chi connectivity index (χ0) is 21.4. The van der Waals surface area contributed by atoms with E-state index in [4.69, 9.17) is 0 Å². The summed E-state index contributed by atoms with van der Waals surface area (Å²) in [5.74, 6) is 0.784. The topological polar surface area (TPSA) is 94.6 Å². The molecule has 5 rings (SSSR count). The summed E-state index contributed by atoms with van der Waals surface area (Å²) in [6.07, 6.45) is 4.41. The first-order chi connectivity index (χ1) is 15.1. The predicted octanol–water partition coefficient (Wildman–Crippen LogP) is 0.879. The molecule has 2 amide bonds. The van der Waals surface area contributed by atoms with Gasteiger partial charge in [0.15, 0.2) is 5.96 Å². The fraction of sp³-hybridized carbons (Fsp3) is 0.348. The molecule has 0 unspecified atom stereocenters. The van der Waals surface area contributed by atoms with Gasteiger partial charge in [-0.15, -0.1) is 0 Å². The summed E-state index contributed by atoms with van der Waals surface area (Å²) in [5.41, 5.74) is 4.47. The Hall–Kier alpha value is -3.13. The highest BCUT2D eigenvalue weighted by Gasteiger charge is 2.28. The van der Waals surface area contributed by atoms with Gasteiger partial charge in [-0.1, -0.05) is 6.07 Å². The summed E-state index contributed by atoms with van der Waals surface area (Å²) in [6.45, 7) is 1.56. The largest absolute Gasteiger partial charge is 0.355 e. The summed E-state index contributed by atoms with van der Waals surface area (Å²) < 4.78 is 0. The molecule has 2 aromatic rings. The molecule has 2 aliphatic carbocycles. The normalized spacial score (nSPS) is 17.6. The molecule has 0 radical (unpaired) electrons. The second-order valence-corrected chi connectivity index (χ2v) is 9.55. The third kappa shape index (κ3) is 4.48. The van der Waals surface area contributed by atoms with Crippen molar-refractivity contribution in [1.29, 1.82) is 0 Å². The van der Waals surface area contributed by atoms with Crippen LogP contribution < -0.4 is 26.5 Å². The molecule has 7 nitrogen and oxygen atoms in total. The fourth-order valence-corrected chi connectivity index (χ4v) is 4.55. The maximum Gasteiger partial charge on any atom is 0.280 e.